The first-order valence-electron chi connectivity index (χ1n) is 7.27. The maximum Gasteiger partial charge on any atom is 0.417 e. The van der Waals surface area contributed by atoms with Gasteiger partial charge in [0.1, 0.15) is 17.9 Å². The Morgan fingerprint density at radius 2 is 1.80 bits per heavy atom. The van der Waals surface area contributed by atoms with E-state index >= 15 is 0 Å². The van der Waals surface area contributed by atoms with Gasteiger partial charge in [-0.2, -0.15) is 13.2 Å². The summed E-state index contributed by atoms with van der Waals surface area (Å²) in [5.74, 6) is 0.323. The Balaban J connectivity index is 1.87. The number of fused-ring (bicyclic) bond motifs is 1. The van der Waals surface area contributed by atoms with E-state index in [0.717, 1.165) is 10.5 Å². The molecule has 1 heterocycles. The van der Waals surface area contributed by atoms with E-state index in [1.807, 2.05) is 30.5 Å². The van der Waals surface area contributed by atoms with Crippen LogP contribution < -0.4 is 10.4 Å². The van der Waals surface area contributed by atoms with Crippen molar-refractivity contribution in [3.05, 3.63) is 70.1 Å². The molecule has 0 saturated carbocycles. The van der Waals surface area contributed by atoms with Crippen LogP contribution in [0.1, 0.15) is 11.1 Å². The molecule has 0 amide bonds. The summed E-state index contributed by atoms with van der Waals surface area (Å²) in [7, 11) is 0. The largest absolute Gasteiger partial charge is 0.489 e. The minimum absolute atomic E-state index is 0.157. The Hall–Kier alpha value is -2.41. The van der Waals surface area contributed by atoms with Gasteiger partial charge in [0.05, 0.1) is 5.56 Å². The first kappa shape index (κ1) is 17.4. The van der Waals surface area contributed by atoms with Crippen molar-refractivity contribution in [3.63, 3.8) is 0 Å². The fourth-order valence-corrected chi connectivity index (χ4v) is 2.76. The van der Waals surface area contributed by atoms with Gasteiger partial charge in [0.2, 0.25) is 0 Å². The van der Waals surface area contributed by atoms with E-state index < -0.39 is 17.4 Å². The van der Waals surface area contributed by atoms with Crippen molar-refractivity contribution in [2.45, 2.75) is 17.7 Å². The summed E-state index contributed by atoms with van der Waals surface area (Å²) in [6, 6.07) is 12.2. The molecule has 0 fully saturated rings. The second-order valence-electron chi connectivity index (χ2n) is 5.27. The SMILES string of the molecule is CSc1ccc(COc2ccc3c(C(F)(F)F)cc(=O)oc3c2)cc1. The highest BCUT2D eigenvalue weighted by Gasteiger charge is 2.33. The molecule has 0 bridgehead atoms. The number of ether oxygens (including phenoxy) is 1. The van der Waals surface area contributed by atoms with Crippen LogP contribution >= 0.6 is 11.8 Å². The van der Waals surface area contributed by atoms with Gasteiger partial charge in [0, 0.05) is 22.4 Å². The number of benzene rings is 2. The first-order valence-corrected chi connectivity index (χ1v) is 8.50. The molecular formula is C18H13F3O3S. The Bertz CT molecular complexity index is 946. The van der Waals surface area contributed by atoms with Crippen LogP contribution in [0.4, 0.5) is 13.2 Å². The number of hydrogen-bond donors (Lipinski definition) is 0. The Morgan fingerprint density at radius 1 is 1.08 bits per heavy atom. The lowest BCUT2D eigenvalue weighted by Gasteiger charge is -2.11. The standard InChI is InChI=1S/C18H13F3O3S/c1-25-13-5-2-11(3-6-13)10-23-12-4-7-14-15(18(19,20)21)9-17(22)24-16(14)8-12/h2-9H,10H2,1H3. The van der Waals surface area contributed by atoms with Gasteiger partial charge < -0.3 is 9.15 Å². The maximum atomic E-state index is 13.0. The molecule has 130 valence electrons. The van der Waals surface area contributed by atoms with Crippen molar-refractivity contribution >= 4 is 22.7 Å². The molecule has 25 heavy (non-hydrogen) atoms. The van der Waals surface area contributed by atoms with Crippen molar-refractivity contribution in [1.29, 1.82) is 0 Å². The number of hydrogen-bond acceptors (Lipinski definition) is 4. The molecule has 0 aliphatic rings. The van der Waals surface area contributed by atoms with E-state index in [0.29, 0.717) is 11.8 Å². The van der Waals surface area contributed by atoms with Gasteiger partial charge in [-0.25, -0.2) is 4.79 Å². The molecule has 3 nitrogen and oxygen atoms in total. The lowest BCUT2D eigenvalue weighted by Crippen LogP contribution is -2.11. The fraction of sp³-hybridized carbons (Fsp3) is 0.167. The van der Waals surface area contributed by atoms with Gasteiger partial charge in [0.25, 0.3) is 0 Å². The molecule has 0 aliphatic heterocycles. The zero-order chi connectivity index (χ0) is 18.0. The van der Waals surface area contributed by atoms with Crippen LogP contribution in [0.2, 0.25) is 0 Å². The van der Waals surface area contributed by atoms with Crippen LogP contribution in [-0.4, -0.2) is 6.26 Å². The van der Waals surface area contributed by atoms with Gasteiger partial charge in [-0.15, -0.1) is 11.8 Å². The maximum absolute atomic E-state index is 13.0. The lowest BCUT2D eigenvalue weighted by atomic mass is 10.1. The lowest BCUT2D eigenvalue weighted by molar-refractivity contribution is -0.136. The van der Waals surface area contributed by atoms with E-state index in [2.05, 4.69) is 0 Å². The molecule has 0 radical (unpaired) electrons. The number of halogens is 3. The molecule has 0 saturated heterocycles. The summed E-state index contributed by atoms with van der Waals surface area (Å²) < 4.78 is 49.5. The minimum atomic E-state index is -4.63. The summed E-state index contributed by atoms with van der Waals surface area (Å²) in [5.41, 5.74) is -1.30. The molecule has 7 heteroatoms. The van der Waals surface area contributed by atoms with Gasteiger partial charge in [-0.05, 0) is 36.1 Å². The summed E-state index contributed by atoms with van der Waals surface area (Å²) in [6.45, 7) is 0.253. The average Bonchev–Trinajstić information content (AvgIpc) is 2.58. The van der Waals surface area contributed by atoms with Crippen LogP contribution in [0.3, 0.4) is 0 Å². The van der Waals surface area contributed by atoms with E-state index in [1.165, 1.54) is 18.2 Å². The average molecular weight is 366 g/mol. The molecule has 0 unspecified atom stereocenters. The van der Waals surface area contributed by atoms with Crippen LogP contribution in [0.5, 0.6) is 5.75 Å². The summed E-state index contributed by atoms with van der Waals surface area (Å²) in [5, 5.41) is -0.177. The highest BCUT2D eigenvalue weighted by Crippen LogP contribution is 2.34. The third-order valence-electron chi connectivity index (χ3n) is 3.59. The van der Waals surface area contributed by atoms with Gasteiger partial charge >= 0.3 is 11.8 Å². The predicted molar refractivity (Wildman–Crippen MR) is 90.0 cm³/mol. The fourth-order valence-electron chi connectivity index (χ4n) is 2.36. The van der Waals surface area contributed by atoms with Gasteiger partial charge in [-0.1, -0.05) is 12.1 Å². The smallest absolute Gasteiger partial charge is 0.417 e. The predicted octanol–water partition coefficient (Wildman–Crippen LogP) is 5.11. The topological polar surface area (TPSA) is 39.4 Å². The molecule has 2 aromatic carbocycles. The zero-order valence-corrected chi connectivity index (χ0v) is 13.9. The monoisotopic (exact) mass is 366 g/mol. The van der Waals surface area contributed by atoms with Crippen molar-refractivity contribution in [1.82, 2.24) is 0 Å². The van der Waals surface area contributed by atoms with Crippen LogP contribution in [0.15, 0.2) is 62.6 Å². The summed E-state index contributed by atoms with van der Waals surface area (Å²) >= 11 is 1.62. The quantitative estimate of drug-likeness (QED) is 0.475. The van der Waals surface area contributed by atoms with E-state index in [4.69, 9.17) is 9.15 Å². The molecule has 0 aliphatic carbocycles. The van der Waals surface area contributed by atoms with Crippen LogP contribution in [0, 0.1) is 0 Å². The van der Waals surface area contributed by atoms with E-state index in [-0.39, 0.29) is 17.6 Å². The highest BCUT2D eigenvalue weighted by molar-refractivity contribution is 7.98. The van der Waals surface area contributed by atoms with Crippen molar-refractivity contribution in [2.75, 3.05) is 6.26 Å². The van der Waals surface area contributed by atoms with Crippen molar-refractivity contribution < 1.29 is 22.3 Å². The minimum Gasteiger partial charge on any atom is -0.489 e. The van der Waals surface area contributed by atoms with Crippen molar-refractivity contribution in [3.8, 4) is 5.75 Å². The van der Waals surface area contributed by atoms with Crippen LogP contribution in [-0.2, 0) is 12.8 Å². The second-order valence-corrected chi connectivity index (χ2v) is 6.15. The molecule has 3 rings (SSSR count). The summed E-state index contributed by atoms with van der Waals surface area (Å²) in [4.78, 5) is 12.5. The van der Waals surface area contributed by atoms with Crippen molar-refractivity contribution in [2.24, 2.45) is 0 Å². The third-order valence-corrected chi connectivity index (χ3v) is 4.33. The summed E-state index contributed by atoms with van der Waals surface area (Å²) in [6.07, 6.45) is -2.65. The van der Waals surface area contributed by atoms with Gasteiger partial charge in [-0.3, -0.25) is 0 Å². The third kappa shape index (κ3) is 3.99. The number of thioether (sulfide) groups is 1. The normalized spacial score (nSPS) is 11.7. The molecular weight excluding hydrogens is 353 g/mol. The first-order chi connectivity index (χ1) is 11.9. The molecule has 0 spiro atoms. The second kappa shape index (κ2) is 6.84. The van der Waals surface area contributed by atoms with E-state index in [1.54, 1.807) is 11.8 Å². The van der Waals surface area contributed by atoms with E-state index in [9.17, 15) is 18.0 Å². The molecule has 3 aromatic rings. The molecule has 0 N–H and O–H groups in total. The Morgan fingerprint density at radius 3 is 2.44 bits per heavy atom. The Labute approximate surface area is 145 Å². The number of alkyl halides is 3. The molecule has 1 aromatic heterocycles. The Kier molecular flexibility index (Phi) is 4.76. The number of rotatable bonds is 4. The van der Waals surface area contributed by atoms with Crippen LogP contribution in [0.25, 0.3) is 11.0 Å². The van der Waals surface area contributed by atoms with Gasteiger partial charge in [0.15, 0.2) is 0 Å². The molecule has 0 atom stereocenters. The highest BCUT2D eigenvalue weighted by atomic mass is 32.2. The zero-order valence-electron chi connectivity index (χ0n) is 13.1.